The first-order valence-electron chi connectivity index (χ1n) is 7.64. The highest BCUT2D eigenvalue weighted by Crippen LogP contribution is 2.21. The van der Waals surface area contributed by atoms with Crippen LogP contribution in [-0.4, -0.2) is 55.9 Å². The molecule has 0 heterocycles. The molecule has 0 bridgehead atoms. The van der Waals surface area contributed by atoms with Crippen LogP contribution in [0, 0.1) is 0 Å². The van der Waals surface area contributed by atoms with Crippen LogP contribution >= 0.6 is 0 Å². The van der Waals surface area contributed by atoms with Gasteiger partial charge in [0.05, 0.1) is 4.90 Å². The predicted molar refractivity (Wildman–Crippen MR) is 88.7 cm³/mol. The summed E-state index contributed by atoms with van der Waals surface area (Å²) in [5, 5.41) is 0. The molecule has 0 unspecified atom stereocenters. The van der Waals surface area contributed by atoms with Crippen molar-refractivity contribution in [3.8, 4) is 0 Å². The highest BCUT2D eigenvalue weighted by Gasteiger charge is 2.33. The third-order valence-electron chi connectivity index (χ3n) is 3.43. The van der Waals surface area contributed by atoms with Crippen molar-refractivity contribution in [2.24, 2.45) is 0 Å². The standard InChI is InChI=1S/C16H21F3N2O3S/c1-4-10-20(12-16(17,18)19)15(22)13-8-7-9-14(11-13)25(23,24)21(5-2)6-3/h4,7-9,11H,1,5-6,10,12H2,2-3H3. The molecular formula is C16H21F3N2O3S. The SMILES string of the molecule is C=CCN(CC(F)(F)F)C(=O)c1cccc(S(=O)(=O)N(CC)CC)c1. The Morgan fingerprint density at radius 2 is 1.84 bits per heavy atom. The summed E-state index contributed by atoms with van der Waals surface area (Å²) in [6, 6.07) is 5.04. The molecule has 1 rings (SSSR count). The lowest BCUT2D eigenvalue weighted by molar-refractivity contribution is -0.139. The number of carbonyl (C=O) groups is 1. The molecule has 0 atom stereocenters. The third kappa shape index (κ3) is 5.57. The van der Waals surface area contributed by atoms with Gasteiger partial charge in [0, 0.05) is 25.2 Å². The second-order valence-corrected chi connectivity index (χ2v) is 7.14. The number of hydrogen-bond donors (Lipinski definition) is 0. The van der Waals surface area contributed by atoms with Crippen LogP contribution in [-0.2, 0) is 10.0 Å². The van der Waals surface area contributed by atoms with Gasteiger partial charge in [0.2, 0.25) is 10.0 Å². The van der Waals surface area contributed by atoms with Crippen LogP contribution in [0.1, 0.15) is 24.2 Å². The van der Waals surface area contributed by atoms with E-state index in [4.69, 9.17) is 0 Å². The lowest BCUT2D eigenvalue weighted by Gasteiger charge is -2.23. The van der Waals surface area contributed by atoms with Crippen molar-refractivity contribution in [1.29, 1.82) is 0 Å². The maximum atomic E-state index is 12.6. The molecule has 25 heavy (non-hydrogen) atoms. The lowest BCUT2D eigenvalue weighted by Crippen LogP contribution is -2.39. The highest BCUT2D eigenvalue weighted by atomic mass is 32.2. The monoisotopic (exact) mass is 378 g/mol. The van der Waals surface area contributed by atoms with E-state index < -0.39 is 28.7 Å². The molecule has 1 amide bonds. The Hall–Kier alpha value is -1.87. The molecule has 0 saturated heterocycles. The van der Waals surface area contributed by atoms with E-state index in [2.05, 4.69) is 6.58 Å². The van der Waals surface area contributed by atoms with Gasteiger partial charge in [0.25, 0.3) is 5.91 Å². The minimum Gasteiger partial charge on any atom is -0.326 e. The van der Waals surface area contributed by atoms with Crippen molar-refractivity contribution in [2.45, 2.75) is 24.9 Å². The number of hydrogen-bond acceptors (Lipinski definition) is 3. The van der Waals surface area contributed by atoms with E-state index in [0.29, 0.717) is 4.90 Å². The van der Waals surface area contributed by atoms with E-state index in [-0.39, 0.29) is 30.1 Å². The zero-order valence-corrected chi connectivity index (χ0v) is 14.9. The van der Waals surface area contributed by atoms with Crippen LogP contribution in [0.2, 0.25) is 0 Å². The van der Waals surface area contributed by atoms with Crippen molar-refractivity contribution in [2.75, 3.05) is 26.2 Å². The Kier molecular flexibility index (Phi) is 7.18. The fourth-order valence-corrected chi connectivity index (χ4v) is 3.78. The first kappa shape index (κ1) is 21.2. The maximum Gasteiger partial charge on any atom is 0.406 e. The van der Waals surface area contributed by atoms with Crippen molar-refractivity contribution in [1.82, 2.24) is 9.21 Å². The molecule has 0 aliphatic carbocycles. The molecule has 5 nitrogen and oxygen atoms in total. The van der Waals surface area contributed by atoms with Crippen LogP contribution in [0.4, 0.5) is 13.2 Å². The van der Waals surface area contributed by atoms with Crippen LogP contribution in [0.15, 0.2) is 41.8 Å². The van der Waals surface area contributed by atoms with Gasteiger partial charge in [-0.15, -0.1) is 6.58 Å². The number of nitrogens with zero attached hydrogens (tertiary/aromatic N) is 2. The Morgan fingerprint density at radius 1 is 1.24 bits per heavy atom. The molecular weight excluding hydrogens is 357 g/mol. The number of rotatable bonds is 8. The second-order valence-electron chi connectivity index (χ2n) is 5.21. The first-order valence-corrected chi connectivity index (χ1v) is 9.08. The molecule has 0 saturated carbocycles. The summed E-state index contributed by atoms with van der Waals surface area (Å²) in [6.07, 6.45) is -3.39. The van der Waals surface area contributed by atoms with Gasteiger partial charge in [-0.3, -0.25) is 4.79 Å². The summed E-state index contributed by atoms with van der Waals surface area (Å²) in [5.41, 5.74) is -0.126. The van der Waals surface area contributed by atoms with E-state index in [1.165, 1.54) is 28.6 Å². The summed E-state index contributed by atoms with van der Waals surface area (Å²) in [7, 11) is -3.81. The van der Waals surface area contributed by atoms with Gasteiger partial charge in [-0.1, -0.05) is 26.0 Å². The number of halogens is 3. The summed E-state index contributed by atoms with van der Waals surface area (Å²) in [5.74, 6) is -0.908. The van der Waals surface area contributed by atoms with Crippen molar-refractivity contribution in [3.63, 3.8) is 0 Å². The minimum atomic E-state index is -4.57. The molecule has 0 fully saturated rings. The van der Waals surface area contributed by atoms with Gasteiger partial charge < -0.3 is 4.90 Å². The molecule has 0 aromatic heterocycles. The van der Waals surface area contributed by atoms with Gasteiger partial charge >= 0.3 is 6.18 Å². The van der Waals surface area contributed by atoms with Crippen LogP contribution < -0.4 is 0 Å². The van der Waals surface area contributed by atoms with Gasteiger partial charge in [0.15, 0.2) is 0 Å². The topological polar surface area (TPSA) is 57.7 Å². The zero-order valence-electron chi connectivity index (χ0n) is 14.1. The van der Waals surface area contributed by atoms with Crippen molar-refractivity contribution < 1.29 is 26.4 Å². The second kappa shape index (κ2) is 8.48. The third-order valence-corrected chi connectivity index (χ3v) is 5.48. The molecule has 0 radical (unpaired) electrons. The summed E-state index contributed by atoms with van der Waals surface area (Å²) in [4.78, 5) is 12.8. The fraction of sp³-hybridized carbons (Fsp3) is 0.438. The smallest absolute Gasteiger partial charge is 0.326 e. The first-order chi connectivity index (χ1) is 11.6. The van der Waals surface area contributed by atoms with Crippen molar-refractivity contribution in [3.05, 3.63) is 42.5 Å². The Balaban J connectivity index is 3.22. The van der Waals surface area contributed by atoms with Gasteiger partial charge in [-0.25, -0.2) is 8.42 Å². The number of amides is 1. The molecule has 0 N–H and O–H groups in total. The Labute approximate surface area is 145 Å². The average molecular weight is 378 g/mol. The number of alkyl halides is 3. The maximum absolute atomic E-state index is 12.6. The van der Waals surface area contributed by atoms with Crippen LogP contribution in [0.3, 0.4) is 0 Å². The van der Waals surface area contributed by atoms with E-state index in [9.17, 15) is 26.4 Å². The lowest BCUT2D eigenvalue weighted by atomic mass is 10.2. The number of sulfonamides is 1. The molecule has 140 valence electrons. The van der Waals surface area contributed by atoms with Gasteiger partial charge in [0.1, 0.15) is 6.54 Å². The molecule has 9 heteroatoms. The van der Waals surface area contributed by atoms with E-state index in [0.717, 1.165) is 6.07 Å². The molecule has 1 aromatic carbocycles. The number of benzene rings is 1. The summed E-state index contributed by atoms with van der Waals surface area (Å²) < 4.78 is 64.1. The predicted octanol–water partition coefficient (Wildman–Crippen LogP) is 2.91. The molecule has 0 aliphatic heterocycles. The average Bonchev–Trinajstić information content (AvgIpc) is 2.53. The van der Waals surface area contributed by atoms with Gasteiger partial charge in [-0.05, 0) is 18.2 Å². The largest absolute Gasteiger partial charge is 0.406 e. The Morgan fingerprint density at radius 3 is 2.32 bits per heavy atom. The van der Waals surface area contributed by atoms with Crippen molar-refractivity contribution >= 4 is 15.9 Å². The van der Waals surface area contributed by atoms with Crippen LogP contribution in [0.25, 0.3) is 0 Å². The zero-order chi connectivity index (χ0) is 19.3. The normalized spacial score (nSPS) is 12.2. The highest BCUT2D eigenvalue weighted by molar-refractivity contribution is 7.89. The van der Waals surface area contributed by atoms with E-state index in [1.54, 1.807) is 13.8 Å². The van der Waals surface area contributed by atoms with Gasteiger partial charge in [-0.2, -0.15) is 17.5 Å². The molecule has 0 aliphatic rings. The van der Waals surface area contributed by atoms with E-state index in [1.807, 2.05) is 0 Å². The molecule has 1 aromatic rings. The summed E-state index contributed by atoms with van der Waals surface area (Å²) >= 11 is 0. The fourth-order valence-electron chi connectivity index (χ4n) is 2.28. The number of carbonyl (C=O) groups excluding carboxylic acids is 1. The quantitative estimate of drug-likeness (QED) is 0.654. The summed E-state index contributed by atoms with van der Waals surface area (Å²) in [6.45, 7) is 5.44. The molecule has 0 spiro atoms. The van der Waals surface area contributed by atoms with E-state index >= 15 is 0 Å². The van der Waals surface area contributed by atoms with Crippen LogP contribution in [0.5, 0.6) is 0 Å². The Bertz CT molecular complexity index is 714. The minimum absolute atomic E-state index is 0.126.